The molecule has 0 amide bonds. The van der Waals surface area contributed by atoms with Crippen LogP contribution in [0.4, 0.5) is 0 Å². The zero-order chi connectivity index (χ0) is 12.3. The molecule has 0 aromatic heterocycles. The van der Waals surface area contributed by atoms with Crippen LogP contribution < -0.4 is 4.74 Å². The fraction of sp³-hybridized carbons (Fsp3) is 0.143. The Morgan fingerprint density at radius 1 is 1.06 bits per heavy atom. The van der Waals surface area contributed by atoms with Gasteiger partial charge >= 0.3 is 0 Å². The Bertz CT molecular complexity index is 506. The van der Waals surface area contributed by atoms with Gasteiger partial charge in [-0.2, -0.15) is 0 Å². The summed E-state index contributed by atoms with van der Waals surface area (Å²) in [6.07, 6.45) is 0. The maximum absolute atomic E-state index is 5.86. The number of benzene rings is 2. The lowest BCUT2D eigenvalue weighted by Crippen LogP contribution is -1.89. The van der Waals surface area contributed by atoms with Gasteiger partial charge in [0.15, 0.2) is 0 Å². The Balaban J connectivity index is 2.26. The molecular formula is C14H12Br2O. The van der Waals surface area contributed by atoms with E-state index in [1.165, 1.54) is 5.56 Å². The molecule has 0 radical (unpaired) electrons. The molecule has 0 fully saturated rings. The number of ether oxygens (including phenoxy) is 1. The van der Waals surface area contributed by atoms with E-state index in [2.05, 4.69) is 44.8 Å². The monoisotopic (exact) mass is 354 g/mol. The highest BCUT2D eigenvalue weighted by molar-refractivity contribution is 9.10. The molecule has 3 heteroatoms. The maximum atomic E-state index is 5.86. The lowest BCUT2D eigenvalue weighted by atomic mass is 10.2. The van der Waals surface area contributed by atoms with Crippen LogP contribution in [0.25, 0.3) is 0 Å². The smallest absolute Gasteiger partial charge is 0.131 e. The second-order valence-corrected chi connectivity index (χ2v) is 5.28. The molecular weight excluding hydrogens is 344 g/mol. The van der Waals surface area contributed by atoms with Crippen molar-refractivity contribution in [2.24, 2.45) is 0 Å². The minimum Gasteiger partial charge on any atom is -0.457 e. The Labute approximate surface area is 118 Å². The molecule has 0 heterocycles. The fourth-order valence-corrected chi connectivity index (χ4v) is 2.33. The molecule has 0 aliphatic heterocycles. The molecule has 2 aromatic carbocycles. The third-order valence-corrected chi connectivity index (χ3v) is 3.51. The molecule has 0 spiro atoms. The van der Waals surface area contributed by atoms with Crippen molar-refractivity contribution in [1.29, 1.82) is 0 Å². The average Bonchev–Trinajstić information content (AvgIpc) is 2.34. The minimum atomic E-state index is 0.771. The standard InChI is InChI=1S/C14H12Br2O/c1-10-2-5-13(6-3-10)17-14-7-4-12(16)8-11(14)9-15/h2-8H,9H2,1H3. The molecule has 0 N–H and O–H groups in total. The van der Waals surface area contributed by atoms with Crippen molar-refractivity contribution in [3.63, 3.8) is 0 Å². The molecule has 1 nitrogen and oxygen atoms in total. The van der Waals surface area contributed by atoms with E-state index >= 15 is 0 Å². The predicted molar refractivity (Wildman–Crippen MR) is 78.0 cm³/mol. The third kappa shape index (κ3) is 3.33. The van der Waals surface area contributed by atoms with E-state index in [0.717, 1.165) is 26.9 Å². The molecule has 0 aliphatic carbocycles. The SMILES string of the molecule is Cc1ccc(Oc2ccc(Br)cc2CBr)cc1. The van der Waals surface area contributed by atoms with Crippen LogP contribution in [0, 0.1) is 6.92 Å². The van der Waals surface area contributed by atoms with E-state index in [-0.39, 0.29) is 0 Å². The van der Waals surface area contributed by atoms with Crippen LogP contribution in [0.3, 0.4) is 0 Å². The molecule has 0 saturated carbocycles. The van der Waals surface area contributed by atoms with Crippen molar-refractivity contribution in [3.05, 3.63) is 58.1 Å². The summed E-state index contributed by atoms with van der Waals surface area (Å²) in [5, 5.41) is 0.771. The molecule has 88 valence electrons. The van der Waals surface area contributed by atoms with E-state index in [1.807, 2.05) is 36.4 Å². The Hall–Kier alpha value is -0.800. The summed E-state index contributed by atoms with van der Waals surface area (Å²) in [7, 11) is 0. The van der Waals surface area contributed by atoms with Gasteiger partial charge in [0, 0.05) is 15.4 Å². The summed E-state index contributed by atoms with van der Waals surface area (Å²) < 4.78 is 6.92. The molecule has 17 heavy (non-hydrogen) atoms. The Kier molecular flexibility index (Phi) is 4.24. The van der Waals surface area contributed by atoms with E-state index in [9.17, 15) is 0 Å². The summed E-state index contributed by atoms with van der Waals surface area (Å²) in [6.45, 7) is 2.06. The lowest BCUT2D eigenvalue weighted by Gasteiger charge is -2.10. The average molecular weight is 356 g/mol. The zero-order valence-corrected chi connectivity index (χ0v) is 12.6. The minimum absolute atomic E-state index is 0.771. The highest BCUT2D eigenvalue weighted by Crippen LogP contribution is 2.29. The summed E-state index contributed by atoms with van der Waals surface area (Å²) in [6, 6.07) is 14.1. The first kappa shape index (κ1) is 12.7. The molecule has 2 rings (SSSR count). The molecule has 0 aliphatic rings. The quantitative estimate of drug-likeness (QED) is 0.665. The topological polar surface area (TPSA) is 9.23 Å². The number of alkyl halides is 1. The Morgan fingerprint density at radius 2 is 1.76 bits per heavy atom. The number of hydrogen-bond acceptors (Lipinski definition) is 1. The van der Waals surface area contributed by atoms with Gasteiger partial charge in [0.05, 0.1) is 0 Å². The van der Waals surface area contributed by atoms with E-state index < -0.39 is 0 Å². The number of aryl methyl sites for hydroxylation is 1. The highest BCUT2D eigenvalue weighted by atomic mass is 79.9. The van der Waals surface area contributed by atoms with Gasteiger partial charge in [0.1, 0.15) is 11.5 Å². The molecule has 0 atom stereocenters. The van der Waals surface area contributed by atoms with Crippen LogP contribution in [0.2, 0.25) is 0 Å². The van der Waals surface area contributed by atoms with Gasteiger partial charge < -0.3 is 4.74 Å². The van der Waals surface area contributed by atoms with Gasteiger partial charge in [0.2, 0.25) is 0 Å². The first-order chi connectivity index (χ1) is 8.19. The van der Waals surface area contributed by atoms with Crippen molar-refractivity contribution in [1.82, 2.24) is 0 Å². The number of halogens is 2. The van der Waals surface area contributed by atoms with E-state index in [1.54, 1.807) is 0 Å². The first-order valence-electron chi connectivity index (χ1n) is 5.28. The van der Waals surface area contributed by atoms with Crippen molar-refractivity contribution >= 4 is 31.9 Å². The third-order valence-electron chi connectivity index (χ3n) is 2.42. The summed E-state index contributed by atoms with van der Waals surface area (Å²) in [5.41, 5.74) is 2.36. The predicted octanol–water partition coefficient (Wildman–Crippen LogP) is 5.44. The van der Waals surface area contributed by atoms with Crippen LogP contribution in [0.15, 0.2) is 46.9 Å². The second-order valence-electron chi connectivity index (χ2n) is 3.80. The van der Waals surface area contributed by atoms with Crippen molar-refractivity contribution in [3.8, 4) is 11.5 Å². The van der Waals surface area contributed by atoms with E-state index in [4.69, 9.17) is 4.74 Å². The van der Waals surface area contributed by atoms with E-state index in [0.29, 0.717) is 0 Å². The van der Waals surface area contributed by atoms with Crippen LogP contribution in [-0.2, 0) is 5.33 Å². The van der Waals surface area contributed by atoms with Gasteiger partial charge in [0.25, 0.3) is 0 Å². The fourth-order valence-electron chi connectivity index (χ4n) is 1.49. The van der Waals surface area contributed by atoms with Crippen molar-refractivity contribution in [2.75, 3.05) is 0 Å². The van der Waals surface area contributed by atoms with Gasteiger partial charge in [-0.15, -0.1) is 0 Å². The van der Waals surface area contributed by atoms with Gasteiger partial charge in [-0.3, -0.25) is 0 Å². The largest absolute Gasteiger partial charge is 0.457 e. The van der Waals surface area contributed by atoms with Crippen LogP contribution in [0.1, 0.15) is 11.1 Å². The maximum Gasteiger partial charge on any atom is 0.131 e. The van der Waals surface area contributed by atoms with Crippen molar-refractivity contribution < 1.29 is 4.74 Å². The highest BCUT2D eigenvalue weighted by Gasteiger charge is 2.04. The summed E-state index contributed by atoms with van der Waals surface area (Å²) in [4.78, 5) is 0. The van der Waals surface area contributed by atoms with Crippen LogP contribution in [-0.4, -0.2) is 0 Å². The first-order valence-corrected chi connectivity index (χ1v) is 7.19. The Morgan fingerprint density at radius 3 is 2.41 bits per heavy atom. The summed E-state index contributed by atoms with van der Waals surface area (Å²) in [5.74, 6) is 1.74. The molecule has 0 unspecified atom stereocenters. The normalized spacial score (nSPS) is 10.3. The molecule has 0 saturated heterocycles. The van der Waals surface area contributed by atoms with Gasteiger partial charge in [-0.05, 0) is 37.3 Å². The van der Waals surface area contributed by atoms with Crippen LogP contribution in [0.5, 0.6) is 11.5 Å². The number of hydrogen-bond donors (Lipinski definition) is 0. The van der Waals surface area contributed by atoms with Gasteiger partial charge in [-0.25, -0.2) is 0 Å². The van der Waals surface area contributed by atoms with Crippen LogP contribution >= 0.6 is 31.9 Å². The second kappa shape index (κ2) is 5.69. The van der Waals surface area contributed by atoms with Gasteiger partial charge in [-0.1, -0.05) is 49.6 Å². The van der Waals surface area contributed by atoms with Crippen molar-refractivity contribution in [2.45, 2.75) is 12.3 Å². The lowest BCUT2D eigenvalue weighted by molar-refractivity contribution is 0.478. The number of rotatable bonds is 3. The zero-order valence-electron chi connectivity index (χ0n) is 9.41. The summed E-state index contributed by atoms with van der Waals surface area (Å²) >= 11 is 6.92. The molecule has 0 bridgehead atoms. The molecule has 2 aromatic rings.